The van der Waals surface area contributed by atoms with Gasteiger partial charge in [0, 0.05) is 16.3 Å². The quantitative estimate of drug-likeness (QED) is 0.941. The number of rotatable bonds is 3. The Kier molecular flexibility index (Phi) is 3.86. The molecule has 17 heavy (non-hydrogen) atoms. The number of aliphatic hydroxyl groups is 1. The molecule has 2 rings (SSSR count). The second-order valence-electron chi connectivity index (χ2n) is 3.55. The van der Waals surface area contributed by atoms with Crippen LogP contribution in [0.25, 0.3) is 0 Å². The van der Waals surface area contributed by atoms with Gasteiger partial charge in [-0.1, -0.05) is 6.07 Å². The zero-order chi connectivity index (χ0) is 12.4. The first-order valence-electron chi connectivity index (χ1n) is 5.01. The number of aryl methyl sites for hydroxylation is 1. The molecule has 0 radical (unpaired) electrons. The van der Waals surface area contributed by atoms with E-state index in [0.717, 1.165) is 14.9 Å². The van der Waals surface area contributed by atoms with E-state index < -0.39 is 6.10 Å². The van der Waals surface area contributed by atoms with Crippen LogP contribution in [-0.4, -0.2) is 15.3 Å². The topological polar surface area (TPSA) is 59.2 Å². The lowest BCUT2D eigenvalue weighted by atomic mass is 10.1. The van der Waals surface area contributed by atoms with E-state index in [9.17, 15) is 5.11 Å². The Balaban J connectivity index is 2.22. The number of aliphatic hydroxyl groups excluding tert-OH is 1. The summed E-state index contributed by atoms with van der Waals surface area (Å²) < 4.78 is 6.19. The second-order valence-corrected chi connectivity index (χ2v) is 5.40. The number of nitrogens with zero attached hydrogens (tertiary/aromatic N) is 2. The van der Waals surface area contributed by atoms with Crippen molar-refractivity contribution in [3.05, 3.63) is 34.1 Å². The van der Waals surface area contributed by atoms with Crippen LogP contribution in [-0.2, 0) is 0 Å². The number of hydrogen-bond donors (Lipinski definition) is 1. The summed E-state index contributed by atoms with van der Waals surface area (Å²) >= 11 is 4.84. The predicted octanol–water partition coefficient (Wildman–Crippen LogP) is 3.35. The van der Waals surface area contributed by atoms with Gasteiger partial charge in [-0.15, -0.1) is 10.2 Å². The summed E-state index contributed by atoms with van der Waals surface area (Å²) in [5, 5.41) is 17.7. The Hall–Kier alpha value is -0.850. The van der Waals surface area contributed by atoms with E-state index in [1.54, 1.807) is 13.8 Å². The SMILES string of the molecule is Cc1nnc(Sc2ccc([C@H](C)O)cc2Br)o1. The lowest BCUT2D eigenvalue weighted by molar-refractivity contribution is 0.199. The van der Waals surface area contributed by atoms with Gasteiger partial charge in [0.2, 0.25) is 5.89 Å². The highest BCUT2D eigenvalue weighted by molar-refractivity contribution is 9.10. The molecule has 6 heteroatoms. The second kappa shape index (κ2) is 5.20. The Morgan fingerprint density at radius 1 is 1.41 bits per heavy atom. The van der Waals surface area contributed by atoms with Crippen LogP contribution in [0.4, 0.5) is 0 Å². The fourth-order valence-electron chi connectivity index (χ4n) is 1.27. The normalized spacial score (nSPS) is 12.7. The molecule has 0 aliphatic carbocycles. The van der Waals surface area contributed by atoms with Crippen LogP contribution in [0.1, 0.15) is 24.5 Å². The van der Waals surface area contributed by atoms with E-state index in [4.69, 9.17) is 4.42 Å². The average Bonchev–Trinajstić information content (AvgIpc) is 2.67. The predicted molar refractivity (Wildman–Crippen MR) is 67.9 cm³/mol. The summed E-state index contributed by atoms with van der Waals surface area (Å²) in [7, 11) is 0. The maximum atomic E-state index is 9.46. The molecule has 0 amide bonds. The van der Waals surface area contributed by atoms with Crippen molar-refractivity contribution in [1.29, 1.82) is 0 Å². The van der Waals surface area contributed by atoms with Crippen molar-refractivity contribution in [1.82, 2.24) is 10.2 Å². The maximum Gasteiger partial charge on any atom is 0.281 e. The molecule has 90 valence electrons. The van der Waals surface area contributed by atoms with Gasteiger partial charge in [0.1, 0.15) is 0 Å². The van der Waals surface area contributed by atoms with Crippen molar-refractivity contribution in [2.24, 2.45) is 0 Å². The highest BCUT2D eigenvalue weighted by atomic mass is 79.9. The number of halogens is 1. The van der Waals surface area contributed by atoms with Crippen molar-refractivity contribution < 1.29 is 9.52 Å². The van der Waals surface area contributed by atoms with E-state index in [0.29, 0.717) is 11.1 Å². The molecule has 0 fully saturated rings. The van der Waals surface area contributed by atoms with Crippen LogP contribution in [0.15, 0.2) is 37.2 Å². The Morgan fingerprint density at radius 3 is 2.71 bits per heavy atom. The Labute approximate surface area is 112 Å². The Bertz CT molecular complexity index is 528. The standard InChI is InChI=1S/C11H11BrN2O2S/c1-6(15)8-3-4-10(9(12)5-8)17-11-14-13-7(2)16-11/h3-6,15H,1-2H3/t6-/m0/s1. The molecule has 0 unspecified atom stereocenters. The average molecular weight is 315 g/mol. The molecule has 1 N–H and O–H groups in total. The van der Waals surface area contributed by atoms with Crippen molar-refractivity contribution in [2.75, 3.05) is 0 Å². The van der Waals surface area contributed by atoms with Crippen LogP contribution < -0.4 is 0 Å². The first-order valence-corrected chi connectivity index (χ1v) is 6.62. The molecule has 0 aliphatic heterocycles. The first kappa shape index (κ1) is 12.6. The van der Waals surface area contributed by atoms with Crippen molar-refractivity contribution in [3.8, 4) is 0 Å². The van der Waals surface area contributed by atoms with Gasteiger partial charge < -0.3 is 9.52 Å². The van der Waals surface area contributed by atoms with Gasteiger partial charge in [-0.2, -0.15) is 0 Å². The molecule has 1 atom stereocenters. The van der Waals surface area contributed by atoms with Crippen molar-refractivity contribution in [3.63, 3.8) is 0 Å². The van der Waals surface area contributed by atoms with Gasteiger partial charge in [-0.25, -0.2) is 0 Å². The zero-order valence-electron chi connectivity index (χ0n) is 9.35. The van der Waals surface area contributed by atoms with Crippen LogP contribution in [0.3, 0.4) is 0 Å². The molecule has 1 aromatic heterocycles. The van der Waals surface area contributed by atoms with Gasteiger partial charge in [-0.3, -0.25) is 0 Å². The molecule has 0 spiro atoms. The molecule has 0 saturated carbocycles. The molecular formula is C11H11BrN2O2S. The van der Waals surface area contributed by atoms with E-state index >= 15 is 0 Å². The summed E-state index contributed by atoms with van der Waals surface area (Å²) in [5.41, 5.74) is 0.864. The third-order valence-electron chi connectivity index (χ3n) is 2.14. The van der Waals surface area contributed by atoms with Gasteiger partial charge >= 0.3 is 0 Å². The molecule has 4 nitrogen and oxygen atoms in total. The molecule has 0 aliphatic rings. The van der Waals surface area contributed by atoms with E-state index in [2.05, 4.69) is 26.1 Å². The smallest absolute Gasteiger partial charge is 0.281 e. The van der Waals surface area contributed by atoms with Crippen LogP contribution >= 0.6 is 27.7 Å². The van der Waals surface area contributed by atoms with Gasteiger partial charge in [0.05, 0.1) is 6.10 Å². The summed E-state index contributed by atoms with van der Waals surface area (Å²) in [6, 6.07) is 5.67. The zero-order valence-corrected chi connectivity index (χ0v) is 11.7. The highest BCUT2D eigenvalue weighted by Gasteiger charge is 2.10. The van der Waals surface area contributed by atoms with Crippen molar-refractivity contribution in [2.45, 2.75) is 30.1 Å². The van der Waals surface area contributed by atoms with Gasteiger partial charge in [-0.05, 0) is 52.3 Å². The minimum atomic E-state index is -0.476. The fourth-order valence-corrected chi connectivity index (χ4v) is 2.64. The minimum absolute atomic E-state index is 0.476. The third kappa shape index (κ3) is 3.08. The molecule has 0 saturated heterocycles. The largest absolute Gasteiger partial charge is 0.416 e. The fraction of sp³-hybridized carbons (Fsp3) is 0.273. The molecule has 0 bridgehead atoms. The van der Waals surface area contributed by atoms with Gasteiger partial charge in [0.25, 0.3) is 5.22 Å². The minimum Gasteiger partial charge on any atom is -0.416 e. The summed E-state index contributed by atoms with van der Waals surface area (Å²) in [6.45, 7) is 3.48. The van der Waals surface area contributed by atoms with Gasteiger partial charge in [0.15, 0.2) is 0 Å². The Morgan fingerprint density at radius 2 is 2.18 bits per heavy atom. The number of hydrogen-bond acceptors (Lipinski definition) is 5. The number of benzene rings is 1. The lowest BCUT2D eigenvalue weighted by Gasteiger charge is -2.07. The molecule has 1 aromatic carbocycles. The summed E-state index contributed by atoms with van der Waals surface area (Å²) in [6.07, 6.45) is -0.476. The van der Waals surface area contributed by atoms with Crippen molar-refractivity contribution >= 4 is 27.7 Å². The summed E-state index contributed by atoms with van der Waals surface area (Å²) in [5.74, 6) is 0.546. The molecule has 1 heterocycles. The summed E-state index contributed by atoms with van der Waals surface area (Å²) in [4.78, 5) is 0.970. The lowest BCUT2D eigenvalue weighted by Crippen LogP contribution is -1.90. The first-order chi connectivity index (χ1) is 8.06. The third-order valence-corrected chi connectivity index (χ3v) is 3.98. The van der Waals surface area contributed by atoms with Crippen LogP contribution in [0.2, 0.25) is 0 Å². The molecule has 2 aromatic rings. The molecular weight excluding hydrogens is 304 g/mol. The monoisotopic (exact) mass is 314 g/mol. The van der Waals surface area contributed by atoms with Crippen LogP contribution in [0.5, 0.6) is 0 Å². The highest BCUT2D eigenvalue weighted by Crippen LogP contribution is 2.34. The maximum absolute atomic E-state index is 9.46. The van der Waals surface area contributed by atoms with E-state index in [-0.39, 0.29) is 0 Å². The van der Waals surface area contributed by atoms with Crippen LogP contribution in [0, 0.1) is 6.92 Å². The van der Waals surface area contributed by atoms with E-state index in [1.807, 2.05) is 18.2 Å². The number of aromatic nitrogens is 2. The van der Waals surface area contributed by atoms with E-state index in [1.165, 1.54) is 11.8 Å².